The van der Waals surface area contributed by atoms with Gasteiger partial charge >= 0.3 is 0 Å². The number of nitrogens with zero attached hydrogens (tertiary/aromatic N) is 1. The summed E-state index contributed by atoms with van der Waals surface area (Å²) < 4.78 is 0. The van der Waals surface area contributed by atoms with Gasteiger partial charge in [-0.2, -0.15) is 0 Å². The molecule has 1 amide bonds. The monoisotopic (exact) mass is 274 g/mol. The highest BCUT2D eigenvalue weighted by atomic mass is 16.3. The van der Waals surface area contributed by atoms with E-state index in [2.05, 4.69) is 0 Å². The minimum absolute atomic E-state index is 0.0952. The van der Waals surface area contributed by atoms with Gasteiger partial charge in [0.05, 0.1) is 5.60 Å². The molecule has 0 heterocycles. The van der Waals surface area contributed by atoms with Crippen molar-refractivity contribution in [3.05, 3.63) is 35.9 Å². The van der Waals surface area contributed by atoms with E-state index in [1.165, 1.54) is 6.08 Å². The first-order chi connectivity index (χ1) is 9.48. The number of carbonyl (C=O) groups is 1. The maximum atomic E-state index is 12.0. The lowest BCUT2D eigenvalue weighted by Crippen LogP contribution is -2.41. The van der Waals surface area contributed by atoms with E-state index in [0.717, 1.165) is 31.2 Å². The molecule has 0 unspecified atom stereocenters. The van der Waals surface area contributed by atoms with E-state index in [9.17, 15) is 9.90 Å². The highest BCUT2D eigenvalue weighted by Gasteiger charge is 2.32. The smallest absolute Gasteiger partial charge is 0.246 e. The average molecular weight is 274 g/mol. The van der Waals surface area contributed by atoms with Gasteiger partial charge in [0.25, 0.3) is 0 Å². The van der Waals surface area contributed by atoms with E-state index >= 15 is 0 Å². The summed E-state index contributed by atoms with van der Waals surface area (Å²) in [6.07, 6.45) is 6.94. The molecule has 20 heavy (non-hydrogen) atoms. The lowest BCUT2D eigenvalue weighted by Gasteiger charge is -2.27. The first kappa shape index (κ1) is 14.6. The molecule has 1 saturated carbocycles. The molecule has 4 nitrogen and oxygen atoms in total. The van der Waals surface area contributed by atoms with Crippen LogP contribution in [0.25, 0.3) is 6.08 Å². The van der Waals surface area contributed by atoms with Gasteiger partial charge in [-0.05, 0) is 36.6 Å². The van der Waals surface area contributed by atoms with Crippen molar-refractivity contribution in [2.24, 2.45) is 0 Å². The molecule has 0 aromatic heterocycles. The highest BCUT2D eigenvalue weighted by molar-refractivity contribution is 5.91. The number of benzene rings is 1. The van der Waals surface area contributed by atoms with Crippen LogP contribution in [0.5, 0.6) is 0 Å². The Labute approximate surface area is 119 Å². The Hall–Kier alpha value is -1.81. The first-order valence-electron chi connectivity index (χ1n) is 7.00. The summed E-state index contributed by atoms with van der Waals surface area (Å²) >= 11 is 0. The van der Waals surface area contributed by atoms with Crippen LogP contribution in [0.3, 0.4) is 0 Å². The number of amides is 1. The zero-order valence-corrected chi connectivity index (χ0v) is 11.9. The number of nitrogen functional groups attached to an aromatic ring is 1. The van der Waals surface area contributed by atoms with Gasteiger partial charge in [-0.25, -0.2) is 0 Å². The fraction of sp³-hybridized carbons (Fsp3) is 0.438. The van der Waals surface area contributed by atoms with Gasteiger partial charge in [-0.3, -0.25) is 4.79 Å². The van der Waals surface area contributed by atoms with Crippen LogP contribution in [0, 0.1) is 0 Å². The van der Waals surface area contributed by atoms with E-state index in [0.29, 0.717) is 12.2 Å². The normalized spacial score (nSPS) is 17.5. The molecule has 0 spiro atoms. The van der Waals surface area contributed by atoms with Crippen molar-refractivity contribution in [2.45, 2.75) is 31.3 Å². The molecular formula is C16H22N2O2. The molecule has 1 aromatic carbocycles. The lowest BCUT2D eigenvalue weighted by molar-refractivity contribution is -0.127. The predicted molar refractivity (Wildman–Crippen MR) is 80.9 cm³/mol. The summed E-state index contributed by atoms with van der Waals surface area (Å²) in [6, 6.07) is 7.33. The van der Waals surface area contributed by atoms with Crippen LogP contribution in [0.1, 0.15) is 31.2 Å². The predicted octanol–water partition coefficient (Wildman–Crippen LogP) is 2.05. The van der Waals surface area contributed by atoms with Crippen LogP contribution in [-0.4, -0.2) is 35.1 Å². The number of carbonyl (C=O) groups excluding carboxylic acids is 1. The first-order valence-corrected chi connectivity index (χ1v) is 7.00. The van der Waals surface area contributed by atoms with Gasteiger partial charge in [0.15, 0.2) is 0 Å². The zero-order chi connectivity index (χ0) is 14.6. The average Bonchev–Trinajstić information content (AvgIpc) is 2.84. The SMILES string of the molecule is CN(CC1(O)CCCC1)C(=O)/C=C/c1ccc(N)cc1. The van der Waals surface area contributed by atoms with E-state index < -0.39 is 5.60 Å². The van der Waals surface area contributed by atoms with Crippen molar-refractivity contribution >= 4 is 17.7 Å². The molecule has 0 bridgehead atoms. The minimum atomic E-state index is -0.695. The highest BCUT2D eigenvalue weighted by Crippen LogP contribution is 2.29. The molecule has 108 valence electrons. The number of aliphatic hydroxyl groups is 1. The fourth-order valence-corrected chi connectivity index (χ4v) is 2.61. The Bertz CT molecular complexity index is 488. The Morgan fingerprint density at radius 2 is 1.95 bits per heavy atom. The van der Waals surface area contributed by atoms with Crippen LogP contribution in [0.2, 0.25) is 0 Å². The third kappa shape index (κ3) is 3.84. The molecule has 4 heteroatoms. The Morgan fingerprint density at radius 3 is 2.55 bits per heavy atom. The van der Waals surface area contributed by atoms with E-state index in [1.54, 1.807) is 30.2 Å². The summed E-state index contributed by atoms with van der Waals surface area (Å²) in [5.74, 6) is -0.0952. The zero-order valence-electron chi connectivity index (χ0n) is 11.9. The van der Waals surface area contributed by atoms with Crippen LogP contribution in [0.4, 0.5) is 5.69 Å². The second kappa shape index (κ2) is 6.09. The van der Waals surface area contributed by atoms with E-state index in [-0.39, 0.29) is 5.91 Å². The molecular weight excluding hydrogens is 252 g/mol. The Morgan fingerprint density at radius 1 is 1.35 bits per heavy atom. The van der Waals surface area contributed by atoms with Gasteiger partial charge in [0.2, 0.25) is 5.91 Å². The molecule has 2 rings (SSSR count). The summed E-state index contributed by atoms with van der Waals surface area (Å²) in [5.41, 5.74) is 6.55. The second-order valence-corrected chi connectivity index (χ2v) is 5.63. The topological polar surface area (TPSA) is 66.6 Å². The third-order valence-corrected chi connectivity index (χ3v) is 3.80. The van der Waals surface area contributed by atoms with Crippen LogP contribution in [-0.2, 0) is 4.79 Å². The Kier molecular flexibility index (Phi) is 4.45. The van der Waals surface area contributed by atoms with Gasteiger partial charge < -0.3 is 15.7 Å². The molecule has 1 aromatic rings. The summed E-state index contributed by atoms with van der Waals surface area (Å²) in [5, 5.41) is 10.3. The van der Waals surface area contributed by atoms with Crippen molar-refractivity contribution in [2.75, 3.05) is 19.3 Å². The molecule has 0 saturated heterocycles. The third-order valence-electron chi connectivity index (χ3n) is 3.80. The van der Waals surface area contributed by atoms with E-state index in [1.807, 2.05) is 12.1 Å². The molecule has 1 aliphatic rings. The Balaban J connectivity index is 1.92. The molecule has 0 atom stereocenters. The number of hydrogen-bond donors (Lipinski definition) is 2. The van der Waals surface area contributed by atoms with Crippen molar-refractivity contribution in [1.29, 1.82) is 0 Å². The summed E-state index contributed by atoms with van der Waals surface area (Å²) in [4.78, 5) is 13.6. The maximum Gasteiger partial charge on any atom is 0.246 e. The molecule has 1 fully saturated rings. The molecule has 0 aliphatic heterocycles. The largest absolute Gasteiger partial charge is 0.399 e. The van der Waals surface area contributed by atoms with Gasteiger partial charge in [-0.15, -0.1) is 0 Å². The standard InChI is InChI=1S/C16H22N2O2/c1-18(12-16(20)10-2-3-11-16)15(19)9-6-13-4-7-14(17)8-5-13/h4-9,20H,2-3,10-12,17H2,1H3/b9-6+. The van der Waals surface area contributed by atoms with Crippen LogP contribution in [0.15, 0.2) is 30.3 Å². The van der Waals surface area contributed by atoms with Gasteiger partial charge in [0.1, 0.15) is 0 Å². The second-order valence-electron chi connectivity index (χ2n) is 5.63. The number of rotatable bonds is 4. The fourth-order valence-electron chi connectivity index (χ4n) is 2.61. The number of hydrogen-bond acceptors (Lipinski definition) is 3. The van der Waals surface area contributed by atoms with Gasteiger partial charge in [-0.1, -0.05) is 25.0 Å². The maximum absolute atomic E-state index is 12.0. The molecule has 3 N–H and O–H groups in total. The molecule has 1 aliphatic carbocycles. The van der Waals surface area contributed by atoms with Gasteiger partial charge in [0, 0.05) is 25.4 Å². The lowest BCUT2D eigenvalue weighted by atomic mass is 10.0. The molecule has 0 radical (unpaired) electrons. The summed E-state index contributed by atoms with van der Waals surface area (Å²) in [6.45, 7) is 0.401. The number of likely N-dealkylation sites (N-methyl/N-ethyl adjacent to an activating group) is 1. The van der Waals surface area contributed by atoms with Crippen molar-refractivity contribution in [1.82, 2.24) is 4.90 Å². The summed E-state index contributed by atoms with van der Waals surface area (Å²) in [7, 11) is 1.73. The van der Waals surface area contributed by atoms with Crippen LogP contribution < -0.4 is 5.73 Å². The van der Waals surface area contributed by atoms with Crippen molar-refractivity contribution < 1.29 is 9.90 Å². The minimum Gasteiger partial charge on any atom is -0.399 e. The quantitative estimate of drug-likeness (QED) is 0.652. The van der Waals surface area contributed by atoms with Crippen LogP contribution >= 0.6 is 0 Å². The van der Waals surface area contributed by atoms with E-state index in [4.69, 9.17) is 5.73 Å². The number of nitrogens with two attached hydrogens (primary N) is 1. The number of anilines is 1. The van der Waals surface area contributed by atoms with Crippen molar-refractivity contribution in [3.63, 3.8) is 0 Å². The van der Waals surface area contributed by atoms with Crippen molar-refractivity contribution in [3.8, 4) is 0 Å².